The lowest BCUT2D eigenvalue weighted by Crippen LogP contribution is -2.27. The summed E-state index contributed by atoms with van der Waals surface area (Å²) in [4.78, 5) is 11.4. The van der Waals surface area contributed by atoms with Gasteiger partial charge in [-0.25, -0.2) is 4.79 Å². The smallest absolute Gasteiger partial charge is 0.404 e. The van der Waals surface area contributed by atoms with Crippen molar-refractivity contribution in [2.75, 3.05) is 12.3 Å². The molecule has 4 N–H and O–H groups in total. The minimum Gasteiger partial charge on any atom is -0.465 e. The first kappa shape index (κ1) is 17.1. The Labute approximate surface area is 134 Å². The van der Waals surface area contributed by atoms with Crippen LogP contribution in [0.5, 0.6) is 0 Å². The van der Waals surface area contributed by atoms with Crippen LogP contribution in [0, 0.1) is 0 Å². The van der Waals surface area contributed by atoms with Crippen LogP contribution in [0.25, 0.3) is 0 Å². The molecule has 0 aromatic heterocycles. The summed E-state index contributed by atoms with van der Waals surface area (Å²) in [5, 5.41) is 31.2. The van der Waals surface area contributed by atoms with Crippen LogP contribution in [0.2, 0.25) is 0 Å². The van der Waals surface area contributed by atoms with E-state index in [0.29, 0.717) is 12.2 Å². The van der Waals surface area contributed by atoms with Crippen molar-refractivity contribution in [2.24, 2.45) is 0 Å². The SMILES string of the molecule is O=C(O)NCCC(O)c1cccc(SCC2(O)CCCC2)c1. The summed E-state index contributed by atoms with van der Waals surface area (Å²) in [7, 11) is 0. The van der Waals surface area contributed by atoms with E-state index in [2.05, 4.69) is 5.32 Å². The molecule has 1 unspecified atom stereocenters. The van der Waals surface area contributed by atoms with Gasteiger partial charge in [0.15, 0.2) is 0 Å². The fraction of sp³-hybridized carbons (Fsp3) is 0.562. The number of aliphatic hydroxyl groups excluding tert-OH is 1. The maximum Gasteiger partial charge on any atom is 0.404 e. The molecule has 0 spiro atoms. The molecule has 0 saturated heterocycles. The average molecular weight is 325 g/mol. The summed E-state index contributed by atoms with van der Waals surface area (Å²) < 4.78 is 0. The average Bonchev–Trinajstić information content (AvgIpc) is 2.92. The molecule has 1 aromatic carbocycles. The molecular formula is C16H23NO4S. The molecule has 1 aromatic rings. The minimum absolute atomic E-state index is 0.216. The maximum atomic E-state index is 10.4. The Balaban J connectivity index is 1.87. The molecule has 1 amide bonds. The van der Waals surface area contributed by atoms with E-state index in [4.69, 9.17) is 5.11 Å². The maximum absolute atomic E-state index is 10.4. The molecule has 22 heavy (non-hydrogen) atoms. The predicted molar refractivity (Wildman–Crippen MR) is 86.2 cm³/mol. The summed E-state index contributed by atoms with van der Waals surface area (Å²) in [5.74, 6) is 0.674. The monoisotopic (exact) mass is 325 g/mol. The molecular weight excluding hydrogens is 302 g/mol. The summed E-state index contributed by atoms with van der Waals surface area (Å²) in [6.45, 7) is 0.216. The van der Waals surface area contributed by atoms with Gasteiger partial charge in [-0.15, -0.1) is 11.8 Å². The van der Waals surface area contributed by atoms with Gasteiger partial charge in [-0.2, -0.15) is 0 Å². The van der Waals surface area contributed by atoms with Crippen molar-refractivity contribution < 1.29 is 20.1 Å². The number of nitrogens with one attached hydrogen (secondary N) is 1. The van der Waals surface area contributed by atoms with Crippen molar-refractivity contribution >= 4 is 17.9 Å². The molecule has 1 atom stereocenters. The summed E-state index contributed by atoms with van der Waals surface area (Å²) in [6, 6.07) is 7.59. The lowest BCUT2D eigenvalue weighted by atomic mass is 10.1. The highest BCUT2D eigenvalue weighted by atomic mass is 32.2. The molecule has 1 fully saturated rings. The Morgan fingerprint density at radius 2 is 2.09 bits per heavy atom. The van der Waals surface area contributed by atoms with Crippen LogP contribution in [0.4, 0.5) is 4.79 Å². The number of hydrogen-bond acceptors (Lipinski definition) is 4. The van der Waals surface area contributed by atoms with Gasteiger partial charge in [0.2, 0.25) is 0 Å². The van der Waals surface area contributed by atoms with Crippen LogP contribution in [0.15, 0.2) is 29.2 Å². The zero-order chi connectivity index (χ0) is 16.0. The van der Waals surface area contributed by atoms with E-state index >= 15 is 0 Å². The molecule has 2 rings (SSSR count). The Bertz CT molecular complexity index is 503. The van der Waals surface area contributed by atoms with E-state index in [1.165, 1.54) is 0 Å². The van der Waals surface area contributed by atoms with Crippen molar-refractivity contribution in [1.29, 1.82) is 0 Å². The highest BCUT2D eigenvalue weighted by molar-refractivity contribution is 7.99. The third-order valence-electron chi connectivity index (χ3n) is 3.98. The fourth-order valence-corrected chi connectivity index (χ4v) is 3.81. The van der Waals surface area contributed by atoms with Crippen LogP contribution in [0.1, 0.15) is 43.8 Å². The van der Waals surface area contributed by atoms with E-state index < -0.39 is 17.8 Å². The topological polar surface area (TPSA) is 89.8 Å². The molecule has 6 heteroatoms. The van der Waals surface area contributed by atoms with Gasteiger partial charge < -0.3 is 20.6 Å². The number of benzene rings is 1. The summed E-state index contributed by atoms with van der Waals surface area (Å²) in [6.07, 6.45) is 2.47. The van der Waals surface area contributed by atoms with Gasteiger partial charge in [0.05, 0.1) is 11.7 Å². The molecule has 0 bridgehead atoms. The first-order valence-electron chi connectivity index (χ1n) is 7.58. The Morgan fingerprint density at radius 3 is 2.77 bits per heavy atom. The van der Waals surface area contributed by atoms with Gasteiger partial charge in [-0.1, -0.05) is 25.0 Å². The molecule has 1 aliphatic rings. The normalized spacial score (nSPS) is 18.1. The number of aliphatic hydroxyl groups is 2. The highest BCUT2D eigenvalue weighted by Crippen LogP contribution is 2.35. The van der Waals surface area contributed by atoms with Crippen molar-refractivity contribution in [3.8, 4) is 0 Å². The van der Waals surface area contributed by atoms with Gasteiger partial charge in [-0.05, 0) is 37.0 Å². The minimum atomic E-state index is -1.08. The highest BCUT2D eigenvalue weighted by Gasteiger charge is 2.30. The molecule has 0 aliphatic heterocycles. The first-order valence-corrected chi connectivity index (χ1v) is 8.57. The zero-order valence-corrected chi connectivity index (χ0v) is 13.3. The van der Waals surface area contributed by atoms with Crippen LogP contribution >= 0.6 is 11.8 Å². The van der Waals surface area contributed by atoms with Crippen LogP contribution in [0.3, 0.4) is 0 Å². The van der Waals surface area contributed by atoms with Gasteiger partial charge in [-0.3, -0.25) is 0 Å². The molecule has 0 heterocycles. The third-order valence-corrected chi connectivity index (χ3v) is 5.25. The Kier molecular flexibility index (Phi) is 6.11. The van der Waals surface area contributed by atoms with E-state index in [0.717, 1.165) is 36.1 Å². The summed E-state index contributed by atoms with van der Waals surface area (Å²) >= 11 is 1.61. The quantitative estimate of drug-likeness (QED) is 0.579. The van der Waals surface area contributed by atoms with Crippen molar-refractivity contribution in [3.05, 3.63) is 29.8 Å². The van der Waals surface area contributed by atoms with Gasteiger partial charge in [0, 0.05) is 17.2 Å². The number of rotatable bonds is 7. The second kappa shape index (κ2) is 7.85. The van der Waals surface area contributed by atoms with Crippen molar-refractivity contribution in [1.82, 2.24) is 5.32 Å². The first-order chi connectivity index (χ1) is 10.5. The standard InChI is InChI=1S/C16H23NO4S/c18-14(6-9-17-15(19)20)12-4-3-5-13(10-12)22-11-16(21)7-1-2-8-16/h3-5,10,14,17-18,21H,1-2,6-9,11H2,(H,19,20). The van der Waals surface area contributed by atoms with Gasteiger partial charge >= 0.3 is 6.09 Å². The number of carbonyl (C=O) groups is 1. The van der Waals surface area contributed by atoms with E-state index in [1.807, 2.05) is 24.3 Å². The largest absolute Gasteiger partial charge is 0.465 e. The van der Waals surface area contributed by atoms with Crippen LogP contribution in [-0.4, -0.2) is 39.3 Å². The molecule has 122 valence electrons. The predicted octanol–water partition coefficient (Wildman–Crippen LogP) is 2.77. The Morgan fingerprint density at radius 1 is 1.36 bits per heavy atom. The molecule has 1 saturated carbocycles. The second-order valence-corrected chi connectivity index (χ2v) is 6.88. The summed E-state index contributed by atoms with van der Waals surface area (Å²) in [5.41, 5.74) is 0.223. The number of amides is 1. The number of carboxylic acid groups (broad SMARTS) is 1. The molecule has 0 radical (unpaired) electrons. The zero-order valence-electron chi connectivity index (χ0n) is 12.5. The van der Waals surface area contributed by atoms with Gasteiger partial charge in [0.1, 0.15) is 0 Å². The molecule has 1 aliphatic carbocycles. The third kappa shape index (κ3) is 5.19. The van der Waals surface area contributed by atoms with Crippen LogP contribution < -0.4 is 5.32 Å². The van der Waals surface area contributed by atoms with E-state index in [1.54, 1.807) is 11.8 Å². The van der Waals surface area contributed by atoms with E-state index in [-0.39, 0.29) is 6.54 Å². The van der Waals surface area contributed by atoms with E-state index in [9.17, 15) is 15.0 Å². The van der Waals surface area contributed by atoms with Crippen molar-refractivity contribution in [3.63, 3.8) is 0 Å². The van der Waals surface area contributed by atoms with Crippen LogP contribution in [-0.2, 0) is 0 Å². The lowest BCUT2D eigenvalue weighted by molar-refractivity contribution is 0.0732. The van der Waals surface area contributed by atoms with Crippen molar-refractivity contribution in [2.45, 2.75) is 48.7 Å². The number of hydrogen-bond donors (Lipinski definition) is 4. The fourth-order valence-electron chi connectivity index (χ4n) is 2.69. The molecule has 5 nitrogen and oxygen atoms in total. The Hall–Kier alpha value is -1.24. The lowest BCUT2D eigenvalue weighted by Gasteiger charge is -2.21. The second-order valence-electron chi connectivity index (χ2n) is 5.83. The number of thioether (sulfide) groups is 1. The van der Waals surface area contributed by atoms with Gasteiger partial charge in [0.25, 0.3) is 0 Å².